The first-order chi connectivity index (χ1) is 14.9. The molecular formula is C23H22FN5O2. The monoisotopic (exact) mass is 419 g/mol. The Morgan fingerprint density at radius 1 is 1.03 bits per heavy atom. The Morgan fingerprint density at radius 3 is 2.52 bits per heavy atom. The zero-order valence-electron chi connectivity index (χ0n) is 17.6. The Hall–Kier alpha value is -3.68. The van der Waals surface area contributed by atoms with Gasteiger partial charge in [0.25, 0.3) is 5.56 Å². The number of hydrogen-bond acceptors (Lipinski definition) is 4. The van der Waals surface area contributed by atoms with Crippen molar-refractivity contribution in [2.24, 2.45) is 7.05 Å². The van der Waals surface area contributed by atoms with Gasteiger partial charge in [-0.1, -0.05) is 24.3 Å². The van der Waals surface area contributed by atoms with E-state index in [0.29, 0.717) is 35.8 Å². The standard InChI is InChI=1S/C23H22FN5O2/c1-14-5-4-6-18(15(14)2)27-11-12-28-19-20(25-22(27)28)26(3)23(31)29(21(19)30)13-16-7-9-17(24)10-8-16/h4-10H,11-13H2,1-3H3. The highest BCUT2D eigenvalue weighted by Gasteiger charge is 2.29. The summed E-state index contributed by atoms with van der Waals surface area (Å²) in [5.41, 5.74) is 4.01. The van der Waals surface area contributed by atoms with Crippen molar-refractivity contribution in [1.82, 2.24) is 18.7 Å². The third kappa shape index (κ3) is 2.90. The summed E-state index contributed by atoms with van der Waals surface area (Å²) in [6.45, 7) is 5.51. The number of rotatable bonds is 3. The molecule has 2 aromatic heterocycles. The van der Waals surface area contributed by atoms with Crippen molar-refractivity contribution in [3.05, 3.63) is 85.8 Å². The van der Waals surface area contributed by atoms with Crippen molar-refractivity contribution in [1.29, 1.82) is 0 Å². The van der Waals surface area contributed by atoms with Crippen molar-refractivity contribution in [2.45, 2.75) is 26.9 Å². The lowest BCUT2D eigenvalue weighted by Crippen LogP contribution is -2.40. The van der Waals surface area contributed by atoms with E-state index in [9.17, 15) is 14.0 Å². The van der Waals surface area contributed by atoms with E-state index in [1.165, 1.54) is 26.8 Å². The van der Waals surface area contributed by atoms with Gasteiger partial charge in [-0.3, -0.25) is 13.9 Å². The maximum atomic E-state index is 13.4. The van der Waals surface area contributed by atoms with Gasteiger partial charge in [-0.2, -0.15) is 4.98 Å². The minimum atomic E-state index is -0.447. The van der Waals surface area contributed by atoms with Crippen LogP contribution in [-0.2, 0) is 20.1 Å². The van der Waals surface area contributed by atoms with Crippen LogP contribution in [0.15, 0.2) is 52.1 Å². The second-order valence-electron chi connectivity index (χ2n) is 7.97. The molecule has 0 saturated carbocycles. The van der Waals surface area contributed by atoms with Gasteiger partial charge in [-0.25, -0.2) is 9.18 Å². The van der Waals surface area contributed by atoms with E-state index in [2.05, 4.69) is 24.8 Å². The van der Waals surface area contributed by atoms with E-state index in [1.807, 2.05) is 16.7 Å². The molecule has 158 valence electrons. The second kappa shape index (κ2) is 6.94. The molecule has 0 bridgehead atoms. The van der Waals surface area contributed by atoms with Crippen LogP contribution in [0.1, 0.15) is 16.7 Å². The maximum Gasteiger partial charge on any atom is 0.332 e. The molecule has 31 heavy (non-hydrogen) atoms. The van der Waals surface area contributed by atoms with Crippen LogP contribution in [0.2, 0.25) is 0 Å². The average Bonchev–Trinajstić information content (AvgIpc) is 3.32. The third-order valence-electron chi connectivity index (χ3n) is 6.12. The van der Waals surface area contributed by atoms with E-state index in [-0.39, 0.29) is 17.9 Å². The summed E-state index contributed by atoms with van der Waals surface area (Å²) in [4.78, 5) is 33.1. The second-order valence-corrected chi connectivity index (χ2v) is 7.97. The summed E-state index contributed by atoms with van der Waals surface area (Å²) in [5.74, 6) is 0.301. The number of aromatic nitrogens is 4. The summed E-state index contributed by atoms with van der Waals surface area (Å²) >= 11 is 0. The fraction of sp³-hybridized carbons (Fsp3) is 0.261. The van der Waals surface area contributed by atoms with Gasteiger partial charge in [0.1, 0.15) is 5.82 Å². The van der Waals surface area contributed by atoms with E-state index >= 15 is 0 Å². The van der Waals surface area contributed by atoms with Gasteiger partial charge in [0, 0.05) is 25.8 Å². The molecule has 0 radical (unpaired) electrons. The molecule has 4 aromatic rings. The normalized spacial score (nSPS) is 13.2. The summed E-state index contributed by atoms with van der Waals surface area (Å²) in [5, 5.41) is 0. The molecule has 8 heteroatoms. The van der Waals surface area contributed by atoms with E-state index in [0.717, 1.165) is 11.3 Å². The maximum absolute atomic E-state index is 13.4. The van der Waals surface area contributed by atoms with Gasteiger partial charge >= 0.3 is 5.69 Å². The van der Waals surface area contributed by atoms with Crippen molar-refractivity contribution in [2.75, 3.05) is 11.4 Å². The SMILES string of the molecule is Cc1cccc(N2CCn3c2nc2c3c(=O)n(Cc3ccc(F)cc3)c(=O)n2C)c1C. The Balaban J connectivity index is 1.68. The molecule has 2 aromatic carbocycles. The number of anilines is 2. The number of benzene rings is 2. The first-order valence-electron chi connectivity index (χ1n) is 10.1. The zero-order chi connectivity index (χ0) is 21.9. The highest BCUT2D eigenvalue weighted by atomic mass is 19.1. The van der Waals surface area contributed by atoms with Crippen LogP contribution in [-0.4, -0.2) is 25.2 Å². The van der Waals surface area contributed by atoms with Crippen molar-refractivity contribution < 1.29 is 4.39 Å². The Bertz CT molecular complexity index is 1450. The van der Waals surface area contributed by atoms with Gasteiger partial charge in [0.05, 0.1) is 6.54 Å². The quantitative estimate of drug-likeness (QED) is 0.512. The van der Waals surface area contributed by atoms with Crippen LogP contribution in [0.3, 0.4) is 0 Å². The average molecular weight is 419 g/mol. The van der Waals surface area contributed by atoms with Crippen LogP contribution in [0.4, 0.5) is 16.0 Å². The summed E-state index contributed by atoms with van der Waals surface area (Å²) in [6.07, 6.45) is 0. The first kappa shape index (κ1) is 19.3. The molecule has 0 fully saturated rings. The lowest BCUT2D eigenvalue weighted by Gasteiger charge is -2.19. The number of fused-ring (bicyclic) bond motifs is 3. The molecule has 3 heterocycles. The van der Waals surface area contributed by atoms with Crippen LogP contribution < -0.4 is 16.1 Å². The highest BCUT2D eigenvalue weighted by molar-refractivity contribution is 5.78. The number of imidazole rings is 1. The van der Waals surface area contributed by atoms with Gasteiger partial charge in [-0.15, -0.1) is 0 Å². The van der Waals surface area contributed by atoms with Gasteiger partial charge in [-0.05, 0) is 48.7 Å². The third-order valence-corrected chi connectivity index (χ3v) is 6.12. The van der Waals surface area contributed by atoms with Crippen LogP contribution in [0.25, 0.3) is 11.2 Å². The molecule has 0 aliphatic carbocycles. The molecule has 0 spiro atoms. The van der Waals surface area contributed by atoms with E-state index < -0.39 is 5.69 Å². The van der Waals surface area contributed by atoms with Crippen molar-refractivity contribution in [3.63, 3.8) is 0 Å². The number of nitrogens with zero attached hydrogens (tertiary/aromatic N) is 5. The Kier molecular flexibility index (Phi) is 4.32. The molecule has 0 amide bonds. The molecular weight excluding hydrogens is 397 g/mol. The minimum Gasteiger partial charge on any atom is -0.310 e. The molecule has 1 aliphatic heterocycles. The van der Waals surface area contributed by atoms with Crippen LogP contribution in [0.5, 0.6) is 0 Å². The zero-order valence-corrected chi connectivity index (χ0v) is 17.6. The smallest absolute Gasteiger partial charge is 0.310 e. The predicted octanol–water partition coefficient (Wildman–Crippen LogP) is 2.85. The van der Waals surface area contributed by atoms with Gasteiger partial charge in [0.15, 0.2) is 11.2 Å². The number of aryl methyl sites for hydroxylation is 2. The molecule has 5 rings (SSSR count). The lowest BCUT2D eigenvalue weighted by atomic mass is 10.1. The molecule has 0 unspecified atom stereocenters. The number of hydrogen-bond donors (Lipinski definition) is 0. The molecule has 1 aliphatic rings. The lowest BCUT2D eigenvalue weighted by molar-refractivity contribution is 0.623. The number of halogens is 1. The Morgan fingerprint density at radius 2 is 1.77 bits per heavy atom. The summed E-state index contributed by atoms with van der Waals surface area (Å²) in [6, 6.07) is 11.9. The largest absolute Gasteiger partial charge is 0.332 e. The Labute approximate surface area is 177 Å². The topological polar surface area (TPSA) is 65.1 Å². The van der Waals surface area contributed by atoms with Crippen LogP contribution in [0, 0.1) is 19.7 Å². The van der Waals surface area contributed by atoms with Crippen molar-refractivity contribution >= 4 is 22.8 Å². The fourth-order valence-corrected chi connectivity index (χ4v) is 4.25. The fourth-order valence-electron chi connectivity index (χ4n) is 4.25. The van der Waals surface area contributed by atoms with Gasteiger partial charge in [0.2, 0.25) is 5.95 Å². The molecule has 0 atom stereocenters. The predicted molar refractivity (Wildman–Crippen MR) is 118 cm³/mol. The molecule has 0 N–H and O–H groups in total. The molecule has 0 saturated heterocycles. The summed E-state index contributed by atoms with van der Waals surface area (Å²) in [7, 11) is 1.62. The van der Waals surface area contributed by atoms with Crippen LogP contribution >= 0.6 is 0 Å². The van der Waals surface area contributed by atoms with Crippen molar-refractivity contribution in [3.8, 4) is 0 Å². The van der Waals surface area contributed by atoms with Gasteiger partial charge < -0.3 is 9.47 Å². The highest BCUT2D eigenvalue weighted by Crippen LogP contribution is 2.34. The molecule has 7 nitrogen and oxygen atoms in total. The minimum absolute atomic E-state index is 0.0724. The van der Waals surface area contributed by atoms with E-state index in [4.69, 9.17) is 4.98 Å². The first-order valence-corrected chi connectivity index (χ1v) is 10.1. The summed E-state index contributed by atoms with van der Waals surface area (Å²) < 4.78 is 17.7. The van der Waals surface area contributed by atoms with E-state index in [1.54, 1.807) is 19.2 Å².